The second kappa shape index (κ2) is 17.6. The van der Waals surface area contributed by atoms with Gasteiger partial charge in [0, 0.05) is 43.6 Å². The van der Waals surface area contributed by atoms with E-state index in [0.29, 0.717) is 11.3 Å². The maximum atomic E-state index is 12.9. The summed E-state index contributed by atoms with van der Waals surface area (Å²) in [5, 5.41) is 12.5. The molecule has 0 saturated carbocycles. The van der Waals surface area contributed by atoms with Gasteiger partial charge in [0.05, 0.1) is 12.3 Å². The van der Waals surface area contributed by atoms with Crippen molar-refractivity contribution in [2.24, 2.45) is 5.92 Å². The average molecular weight is 665 g/mol. The molecule has 0 radical (unpaired) electrons. The normalized spacial score (nSPS) is 14.0. The lowest BCUT2D eigenvalue weighted by molar-refractivity contribution is -0.137. The number of sulfone groups is 1. The molecule has 46 heavy (non-hydrogen) atoms. The molecule has 2 rings (SSSR count). The van der Waals surface area contributed by atoms with Crippen LogP contribution in [0.25, 0.3) is 0 Å². The molecule has 0 fully saturated rings. The molecule has 252 valence electrons. The van der Waals surface area contributed by atoms with Gasteiger partial charge in [-0.15, -0.1) is 0 Å². The van der Waals surface area contributed by atoms with Crippen LogP contribution >= 0.6 is 0 Å². The highest BCUT2D eigenvalue weighted by Gasteiger charge is 2.27. The standard InChI is InChI=1S/C29H40N6O10S/c1-18(2)15-22(34-23(36)11-13-35-25(38)9-10-26(35)39)28(41)32-19(3)27(40)31-16-24(37)33-21-7-5-20(6-8-21)17-45-29(42)30-12-14-46(4,43)44/h5-10,18-19,22H,11-17H2,1-4H3,(H,30,42)(H,31,40)(H,32,41)(H,33,37)(H,34,36)/t19-,22+/m0/s1. The highest BCUT2D eigenvalue weighted by molar-refractivity contribution is 7.90. The van der Waals surface area contributed by atoms with Gasteiger partial charge in [-0.1, -0.05) is 26.0 Å². The average Bonchev–Trinajstić information content (AvgIpc) is 3.29. The van der Waals surface area contributed by atoms with E-state index >= 15 is 0 Å². The number of amides is 7. The molecule has 0 aliphatic carbocycles. The first-order valence-corrected chi connectivity index (χ1v) is 16.5. The Morgan fingerprint density at radius 3 is 2.09 bits per heavy atom. The second-order valence-corrected chi connectivity index (χ2v) is 13.2. The molecular weight excluding hydrogens is 624 g/mol. The van der Waals surface area contributed by atoms with Crippen LogP contribution in [0.15, 0.2) is 36.4 Å². The Kier molecular flexibility index (Phi) is 14.3. The first-order chi connectivity index (χ1) is 21.5. The van der Waals surface area contributed by atoms with Crippen LogP contribution in [-0.2, 0) is 49.9 Å². The van der Waals surface area contributed by atoms with E-state index in [1.807, 2.05) is 13.8 Å². The van der Waals surface area contributed by atoms with Crippen LogP contribution in [0.3, 0.4) is 0 Å². The van der Waals surface area contributed by atoms with Crippen molar-refractivity contribution in [2.75, 3.05) is 37.0 Å². The number of hydrogen-bond acceptors (Lipinski definition) is 10. The van der Waals surface area contributed by atoms with E-state index in [0.717, 1.165) is 23.3 Å². The van der Waals surface area contributed by atoms with E-state index in [1.54, 1.807) is 24.3 Å². The molecular formula is C29H40N6O10S. The number of imide groups is 1. The molecule has 7 amide bonds. The fourth-order valence-electron chi connectivity index (χ4n) is 3.96. The van der Waals surface area contributed by atoms with Gasteiger partial charge in [-0.25, -0.2) is 13.2 Å². The van der Waals surface area contributed by atoms with Crippen LogP contribution < -0.4 is 26.6 Å². The maximum absolute atomic E-state index is 12.9. The van der Waals surface area contributed by atoms with E-state index in [2.05, 4.69) is 26.6 Å². The lowest BCUT2D eigenvalue weighted by Gasteiger charge is -2.23. The van der Waals surface area contributed by atoms with Gasteiger partial charge in [0.1, 0.15) is 28.5 Å². The van der Waals surface area contributed by atoms with Crippen molar-refractivity contribution in [3.63, 3.8) is 0 Å². The van der Waals surface area contributed by atoms with Crippen LogP contribution in [-0.4, -0.2) is 98.6 Å². The Morgan fingerprint density at radius 1 is 0.870 bits per heavy atom. The summed E-state index contributed by atoms with van der Waals surface area (Å²) in [6.45, 7) is 4.42. The van der Waals surface area contributed by atoms with Gasteiger partial charge < -0.3 is 31.3 Å². The highest BCUT2D eigenvalue weighted by Crippen LogP contribution is 2.11. The summed E-state index contributed by atoms with van der Waals surface area (Å²) >= 11 is 0. The molecule has 17 heteroatoms. The smallest absolute Gasteiger partial charge is 0.407 e. The number of carbonyl (C=O) groups is 7. The monoisotopic (exact) mass is 664 g/mol. The van der Waals surface area contributed by atoms with Crippen molar-refractivity contribution in [1.29, 1.82) is 0 Å². The molecule has 0 aromatic heterocycles. The SMILES string of the molecule is CC(C)C[C@@H](NC(=O)CCN1C(=O)C=CC1=O)C(=O)N[C@@H](C)C(=O)NCC(=O)Nc1ccc(COC(=O)NCCS(C)(=O)=O)cc1. The van der Waals surface area contributed by atoms with Gasteiger partial charge >= 0.3 is 6.09 Å². The van der Waals surface area contributed by atoms with Crippen LogP contribution in [0.4, 0.5) is 10.5 Å². The molecule has 1 aliphatic rings. The lowest BCUT2D eigenvalue weighted by Crippen LogP contribution is -2.53. The quantitative estimate of drug-likeness (QED) is 0.132. The van der Waals surface area contributed by atoms with Crippen LogP contribution in [0, 0.1) is 5.92 Å². The number of hydrogen-bond donors (Lipinski definition) is 5. The third-order valence-electron chi connectivity index (χ3n) is 6.35. The number of carbonyl (C=O) groups excluding carboxylic acids is 7. The van der Waals surface area contributed by atoms with Crippen molar-refractivity contribution in [3.8, 4) is 0 Å². The molecule has 1 aliphatic heterocycles. The summed E-state index contributed by atoms with van der Waals surface area (Å²) in [6.07, 6.45) is 2.57. The van der Waals surface area contributed by atoms with Crippen molar-refractivity contribution in [1.82, 2.24) is 26.2 Å². The number of alkyl carbamates (subject to hydrolysis) is 1. The number of nitrogens with zero attached hydrogens (tertiary/aromatic N) is 1. The molecule has 16 nitrogen and oxygen atoms in total. The molecule has 1 aromatic carbocycles. The molecule has 2 atom stereocenters. The highest BCUT2D eigenvalue weighted by atomic mass is 32.2. The van der Waals surface area contributed by atoms with E-state index < -0.39 is 70.0 Å². The Balaban J connectivity index is 1.76. The number of nitrogens with one attached hydrogen (secondary N) is 5. The summed E-state index contributed by atoms with van der Waals surface area (Å²) in [7, 11) is -3.21. The zero-order chi connectivity index (χ0) is 34.4. The zero-order valence-electron chi connectivity index (χ0n) is 26.1. The zero-order valence-corrected chi connectivity index (χ0v) is 26.9. The first-order valence-electron chi connectivity index (χ1n) is 14.4. The van der Waals surface area contributed by atoms with Crippen molar-refractivity contribution >= 4 is 57.1 Å². The summed E-state index contributed by atoms with van der Waals surface area (Å²) < 4.78 is 27.2. The Morgan fingerprint density at radius 2 is 1.50 bits per heavy atom. The third kappa shape index (κ3) is 13.9. The number of anilines is 1. The van der Waals surface area contributed by atoms with E-state index in [4.69, 9.17) is 4.74 Å². The third-order valence-corrected chi connectivity index (χ3v) is 7.29. The molecule has 5 N–H and O–H groups in total. The fraction of sp³-hybridized carbons (Fsp3) is 0.483. The minimum atomic E-state index is -3.21. The minimum Gasteiger partial charge on any atom is -0.445 e. The largest absolute Gasteiger partial charge is 0.445 e. The van der Waals surface area contributed by atoms with Gasteiger partial charge in [0.2, 0.25) is 23.6 Å². The van der Waals surface area contributed by atoms with Crippen LogP contribution in [0.1, 0.15) is 39.2 Å². The van der Waals surface area contributed by atoms with Crippen molar-refractivity contribution < 1.29 is 46.7 Å². The minimum absolute atomic E-state index is 0.00891. The summed E-state index contributed by atoms with van der Waals surface area (Å²) in [5.41, 5.74) is 1.01. The second-order valence-electron chi connectivity index (χ2n) is 11.0. The van der Waals surface area contributed by atoms with Crippen LogP contribution in [0.2, 0.25) is 0 Å². The van der Waals surface area contributed by atoms with E-state index in [1.165, 1.54) is 6.92 Å². The number of ether oxygens (including phenoxy) is 1. The summed E-state index contributed by atoms with van der Waals surface area (Å²) in [4.78, 5) is 86.2. The Bertz CT molecular complexity index is 1420. The van der Waals surface area contributed by atoms with Crippen molar-refractivity contribution in [3.05, 3.63) is 42.0 Å². The van der Waals surface area contributed by atoms with Gasteiger partial charge in [-0.2, -0.15) is 0 Å². The molecule has 0 spiro atoms. The van der Waals surface area contributed by atoms with Crippen molar-refractivity contribution in [2.45, 2.75) is 52.3 Å². The predicted molar refractivity (Wildman–Crippen MR) is 165 cm³/mol. The maximum Gasteiger partial charge on any atom is 0.407 e. The molecule has 0 unspecified atom stereocenters. The first kappa shape index (κ1) is 37.4. The number of rotatable bonds is 17. The topological polar surface area (TPSA) is 226 Å². The Labute approximate surface area is 267 Å². The molecule has 0 saturated heterocycles. The van der Waals surface area contributed by atoms with Gasteiger partial charge in [-0.05, 0) is 37.0 Å². The van der Waals surface area contributed by atoms with Gasteiger partial charge in [-0.3, -0.25) is 33.7 Å². The number of benzene rings is 1. The predicted octanol–water partition coefficient (Wildman–Crippen LogP) is -0.637. The van der Waals surface area contributed by atoms with Gasteiger partial charge in [0.15, 0.2) is 0 Å². The van der Waals surface area contributed by atoms with Crippen LogP contribution in [0.5, 0.6) is 0 Å². The Hall–Kier alpha value is -4.80. The summed E-state index contributed by atoms with van der Waals surface area (Å²) in [6, 6.07) is 4.31. The molecule has 0 bridgehead atoms. The lowest BCUT2D eigenvalue weighted by atomic mass is 10.0. The summed E-state index contributed by atoms with van der Waals surface area (Å²) in [5.74, 6) is -3.58. The van der Waals surface area contributed by atoms with Gasteiger partial charge in [0.25, 0.3) is 11.8 Å². The molecule has 1 heterocycles. The molecule has 1 aromatic rings. The van der Waals surface area contributed by atoms with E-state index in [-0.39, 0.29) is 44.2 Å². The van der Waals surface area contributed by atoms with E-state index in [9.17, 15) is 42.0 Å². The fourth-order valence-corrected chi connectivity index (χ4v) is 4.44.